The molecule has 186 valence electrons. The molecule has 1 saturated heterocycles. The van der Waals surface area contributed by atoms with Crippen LogP contribution in [0.2, 0.25) is 0 Å². The van der Waals surface area contributed by atoms with E-state index < -0.39 is 5.60 Å². The Balaban J connectivity index is 1.36. The van der Waals surface area contributed by atoms with Gasteiger partial charge in [0.2, 0.25) is 0 Å². The van der Waals surface area contributed by atoms with E-state index >= 15 is 0 Å². The normalized spacial score (nSPS) is 20.0. The zero-order valence-electron chi connectivity index (χ0n) is 20.8. The van der Waals surface area contributed by atoms with Gasteiger partial charge in [-0.3, -0.25) is 0 Å². The van der Waals surface area contributed by atoms with E-state index in [0.717, 1.165) is 53.7 Å². The molecule has 1 fully saturated rings. The molecule has 1 amide bonds. The molecule has 5 rings (SSSR count). The van der Waals surface area contributed by atoms with Gasteiger partial charge in [-0.05, 0) is 57.4 Å². The monoisotopic (exact) mass is 479 g/mol. The maximum absolute atomic E-state index is 12.6. The number of ether oxygens (including phenoxy) is 3. The van der Waals surface area contributed by atoms with Gasteiger partial charge in [0.15, 0.2) is 0 Å². The fourth-order valence-corrected chi connectivity index (χ4v) is 4.63. The van der Waals surface area contributed by atoms with Crippen LogP contribution in [0.5, 0.6) is 5.75 Å². The molecule has 35 heavy (non-hydrogen) atoms. The van der Waals surface area contributed by atoms with Crippen LogP contribution >= 0.6 is 0 Å². The lowest BCUT2D eigenvalue weighted by Gasteiger charge is -2.34. The first-order valence-electron chi connectivity index (χ1n) is 12.2. The molecule has 3 aliphatic rings. The van der Waals surface area contributed by atoms with Crippen LogP contribution in [0.15, 0.2) is 30.6 Å². The molecule has 1 aromatic heterocycles. The van der Waals surface area contributed by atoms with Gasteiger partial charge in [-0.1, -0.05) is 12.1 Å². The fourth-order valence-electron chi connectivity index (χ4n) is 4.63. The Morgan fingerprint density at radius 1 is 1.20 bits per heavy atom. The second-order valence-corrected chi connectivity index (χ2v) is 10.2. The average molecular weight is 480 g/mol. The summed E-state index contributed by atoms with van der Waals surface area (Å²) in [6.07, 6.45) is 4.18. The summed E-state index contributed by atoms with van der Waals surface area (Å²) in [5.74, 6) is 2.43. The highest BCUT2D eigenvalue weighted by Crippen LogP contribution is 2.38. The van der Waals surface area contributed by atoms with Crippen LogP contribution in [-0.4, -0.2) is 65.5 Å². The van der Waals surface area contributed by atoms with Gasteiger partial charge in [0, 0.05) is 25.7 Å². The van der Waals surface area contributed by atoms with Crippen molar-refractivity contribution in [1.82, 2.24) is 14.9 Å². The van der Waals surface area contributed by atoms with Crippen LogP contribution in [-0.2, 0) is 16.1 Å². The molecular formula is C26H33N5O4. The molecule has 1 unspecified atom stereocenters. The predicted molar refractivity (Wildman–Crippen MR) is 134 cm³/mol. The number of nitrogens with one attached hydrogen (secondary N) is 1. The average Bonchev–Trinajstić information content (AvgIpc) is 3.02. The van der Waals surface area contributed by atoms with Crippen molar-refractivity contribution in [2.45, 2.75) is 52.4 Å². The fraction of sp³-hybridized carbons (Fsp3) is 0.500. The highest BCUT2D eigenvalue weighted by Gasteiger charge is 2.29. The number of morpholine rings is 1. The van der Waals surface area contributed by atoms with E-state index in [2.05, 4.69) is 45.3 Å². The summed E-state index contributed by atoms with van der Waals surface area (Å²) in [5, 5.41) is 3.48. The SMILES string of the molecule is CC1CC(c2ccc3c(c2)Nc2ncnc(N4CCOCC4)c2CO3)=CCN1C(=O)OC(C)(C)C. The first kappa shape index (κ1) is 23.4. The van der Waals surface area contributed by atoms with Gasteiger partial charge >= 0.3 is 6.09 Å². The van der Waals surface area contributed by atoms with Gasteiger partial charge in [0.1, 0.15) is 35.9 Å². The third kappa shape index (κ3) is 5.05. The van der Waals surface area contributed by atoms with Crippen LogP contribution < -0.4 is 15.0 Å². The highest BCUT2D eigenvalue weighted by molar-refractivity contribution is 5.78. The van der Waals surface area contributed by atoms with E-state index in [1.165, 1.54) is 5.57 Å². The van der Waals surface area contributed by atoms with Crippen molar-refractivity contribution >= 4 is 29.0 Å². The number of fused-ring (bicyclic) bond motifs is 2. The van der Waals surface area contributed by atoms with Crippen molar-refractivity contribution in [1.29, 1.82) is 0 Å². The molecule has 1 atom stereocenters. The van der Waals surface area contributed by atoms with E-state index in [0.29, 0.717) is 26.4 Å². The Morgan fingerprint density at radius 3 is 2.74 bits per heavy atom. The van der Waals surface area contributed by atoms with Crippen molar-refractivity contribution in [3.05, 3.63) is 41.7 Å². The Labute approximate surface area is 206 Å². The van der Waals surface area contributed by atoms with E-state index in [9.17, 15) is 4.79 Å². The van der Waals surface area contributed by atoms with Gasteiger partial charge in [-0.2, -0.15) is 0 Å². The van der Waals surface area contributed by atoms with Gasteiger partial charge < -0.3 is 29.3 Å². The number of nitrogens with zero attached hydrogens (tertiary/aromatic N) is 4. The number of aromatic nitrogens is 2. The summed E-state index contributed by atoms with van der Waals surface area (Å²) in [6.45, 7) is 11.6. The first-order chi connectivity index (χ1) is 16.8. The largest absolute Gasteiger partial charge is 0.486 e. The van der Waals surface area contributed by atoms with E-state index in [1.807, 2.05) is 26.8 Å². The van der Waals surface area contributed by atoms with E-state index in [-0.39, 0.29) is 12.1 Å². The summed E-state index contributed by atoms with van der Waals surface area (Å²) < 4.78 is 17.2. The molecule has 2 aromatic rings. The molecular weight excluding hydrogens is 446 g/mol. The quantitative estimate of drug-likeness (QED) is 0.680. The van der Waals surface area contributed by atoms with Gasteiger partial charge in [0.25, 0.3) is 0 Å². The summed E-state index contributed by atoms with van der Waals surface area (Å²) in [4.78, 5) is 25.6. The van der Waals surface area contributed by atoms with Gasteiger partial charge in [0.05, 0.1) is 24.5 Å². The zero-order valence-corrected chi connectivity index (χ0v) is 20.8. The summed E-state index contributed by atoms with van der Waals surface area (Å²) in [7, 11) is 0. The third-order valence-electron chi connectivity index (χ3n) is 6.42. The first-order valence-corrected chi connectivity index (χ1v) is 12.2. The maximum Gasteiger partial charge on any atom is 0.410 e. The minimum Gasteiger partial charge on any atom is -0.486 e. The van der Waals surface area contributed by atoms with Gasteiger partial charge in [-0.25, -0.2) is 14.8 Å². The Kier molecular flexibility index (Phi) is 6.27. The van der Waals surface area contributed by atoms with E-state index in [4.69, 9.17) is 14.2 Å². The molecule has 3 aliphatic heterocycles. The number of hydrogen-bond donors (Lipinski definition) is 1. The highest BCUT2D eigenvalue weighted by atomic mass is 16.6. The van der Waals surface area contributed by atoms with Crippen LogP contribution in [0.25, 0.3) is 5.57 Å². The number of benzene rings is 1. The molecule has 0 saturated carbocycles. The zero-order chi connectivity index (χ0) is 24.6. The second-order valence-electron chi connectivity index (χ2n) is 10.2. The molecule has 0 radical (unpaired) electrons. The Morgan fingerprint density at radius 2 is 2.00 bits per heavy atom. The van der Waals surface area contributed by atoms with Gasteiger partial charge in [-0.15, -0.1) is 0 Å². The van der Waals surface area contributed by atoms with Crippen molar-refractivity contribution in [3.8, 4) is 5.75 Å². The number of carbonyl (C=O) groups excluding carboxylic acids is 1. The topological polar surface area (TPSA) is 89.1 Å². The van der Waals surface area contributed by atoms with Crippen molar-refractivity contribution < 1.29 is 19.0 Å². The van der Waals surface area contributed by atoms with Crippen LogP contribution in [0.4, 0.5) is 22.1 Å². The van der Waals surface area contributed by atoms with Crippen molar-refractivity contribution in [2.24, 2.45) is 0 Å². The number of amides is 1. The molecule has 1 aromatic carbocycles. The molecule has 0 spiro atoms. The second kappa shape index (κ2) is 9.37. The van der Waals surface area contributed by atoms with Crippen molar-refractivity contribution in [3.63, 3.8) is 0 Å². The van der Waals surface area contributed by atoms with Crippen LogP contribution in [0.3, 0.4) is 0 Å². The molecule has 0 aliphatic carbocycles. The molecule has 4 heterocycles. The van der Waals surface area contributed by atoms with Crippen LogP contribution in [0.1, 0.15) is 45.2 Å². The summed E-state index contributed by atoms with van der Waals surface area (Å²) in [5.41, 5.74) is 3.61. The number of rotatable bonds is 2. The van der Waals surface area contributed by atoms with Crippen LogP contribution in [0, 0.1) is 0 Å². The standard InChI is InChI=1S/C26H33N5O4/c1-17-13-19(7-8-31(17)25(32)35-26(2,3)4)18-5-6-22-21(14-18)29-23-20(15-34-22)24(28-16-27-23)30-9-11-33-12-10-30/h5-7,14,16-17H,8-13,15H2,1-4H3,(H,27,28,29). The Bertz CT molecular complexity index is 1140. The van der Waals surface area contributed by atoms with Crippen molar-refractivity contribution in [2.75, 3.05) is 43.1 Å². The number of carbonyl (C=O) groups is 1. The molecule has 0 bridgehead atoms. The maximum atomic E-state index is 12.6. The lowest BCUT2D eigenvalue weighted by atomic mass is 9.94. The summed E-state index contributed by atoms with van der Waals surface area (Å²) in [6, 6.07) is 6.21. The summed E-state index contributed by atoms with van der Waals surface area (Å²) >= 11 is 0. The molecule has 9 heteroatoms. The lowest BCUT2D eigenvalue weighted by molar-refractivity contribution is 0.0199. The number of hydrogen-bond acceptors (Lipinski definition) is 8. The van der Waals surface area contributed by atoms with E-state index in [1.54, 1.807) is 11.2 Å². The minimum atomic E-state index is -0.509. The third-order valence-corrected chi connectivity index (χ3v) is 6.42. The minimum absolute atomic E-state index is 0.0393. The molecule has 1 N–H and O–H groups in total. The molecule has 9 nitrogen and oxygen atoms in total. The smallest absolute Gasteiger partial charge is 0.410 e. The predicted octanol–water partition coefficient (Wildman–Crippen LogP) is 4.36. The Hall–Kier alpha value is -3.33. The lowest BCUT2D eigenvalue weighted by Crippen LogP contribution is -2.44. The number of anilines is 3.